The lowest BCUT2D eigenvalue weighted by Gasteiger charge is -2.20. The van der Waals surface area contributed by atoms with E-state index in [1.807, 2.05) is 30.5 Å². The van der Waals surface area contributed by atoms with Crippen LogP contribution < -0.4 is 10.6 Å². The van der Waals surface area contributed by atoms with Gasteiger partial charge in [0.25, 0.3) is 0 Å². The fourth-order valence-corrected chi connectivity index (χ4v) is 2.77. The third kappa shape index (κ3) is 2.75. The van der Waals surface area contributed by atoms with Crippen molar-refractivity contribution in [3.8, 4) is 0 Å². The fraction of sp³-hybridized carbons (Fsp3) is 0.286. The predicted octanol–water partition coefficient (Wildman–Crippen LogP) is 3.24. The van der Waals surface area contributed by atoms with Crippen molar-refractivity contribution in [1.29, 1.82) is 0 Å². The minimum Gasteiger partial charge on any atom is -0.339 e. The number of fused-ring (bicyclic) bond motifs is 1. The number of hydrogen-bond acceptors (Lipinski definition) is 5. The van der Waals surface area contributed by atoms with Crippen LogP contribution in [0.4, 0.5) is 11.5 Å². The molecule has 1 aromatic heterocycles. The van der Waals surface area contributed by atoms with Gasteiger partial charge in [-0.15, -0.1) is 0 Å². The second kappa shape index (κ2) is 5.99. The van der Waals surface area contributed by atoms with E-state index in [-0.39, 0.29) is 0 Å². The smallest absolute Gasteiger partial charge is 0.189 e. The number of anilines is 2. The number of hydrogen-bond donors (Lipinski definition) is 2. The number of para-hydroxylation sites is 1. The number of nitrogens with zero attached hydrogens (tertiary/aromatic N) is 2. The van der Waals surface area contributed by atoms with Gasteiger partial charge in [-0.1, -0.05) is 35.5 Å². The molecular weight excluding hydrogens is 292 g/mol. The summed E-state index contributed by atoms with van der Waals surface area (Å²) in [5.41, 5.74) is 3.12. The van der Waals surface area contributed by atoms with E-state index in [1.165, 1.54) is 0 Å². The number of nitrogens with one attached hydrogen (secondary N) is 2. The molecule has 1 aliphatic heterocycles. The molecule has 3 rings (SSSR count). The summed E-state index contributed by atoms with van der Waals surface area (Å²) < 4.78 is 0. The van der Waals surface area contributed by atoms with Gasteiger partial charge in [0, 0.05) is 25.1 Å². The van der Waals surface area contributed by atoms with Gasteiger partial charge in [-0.05, 0) is 18.4 Å². The standard InChI is InChI=1S/C14H15ClN4S/c1-20-14-18-11-6-7-16-8-9(11)13(19-14)17-12-5-3-2-4-10(12)15/h2-5,16H,6-8H2,1H3,(H,17,18,19). The van der Waals surface area contributed by atoms with Crippen LogP contribution in [0, 0.1) is 0 Å². The van der Waals surface area contributed by atoms with Crippen LogP contribution in [0.25, 0.3) is 0 Å². The lowest BCUT2D eigenvalue weighted by molar-refractivity contribution is 0.619. The summed E-state index contributed by atoms with van der Waals surface area (Å²) in [6, 6.07) is 7.69. The van der Waals surface area contributed by atoms with Gasteiger partial charge in [0.15, 0.2) is 5.16 Å². The Balaban J connectivity index is 2.02. The van der Waals surface area contributed by atoms with Crippen LogP contribution >= 0.6 is 23.4 Å². The molecule has 2 N–H and O–H groups in total. The van der Waals surface area contributed by atoms with Crippen molar-refractivity contribution in [2.24, 2.45) is 0 Å². The highest BCUT2D eigenvalue weighted by molar-refractivity contribution is 7.98. The Morgan fingerprint density at radius 3 is 2.95 bits per heavy atom. The third-order valence-corrected chi connectivity index (χ3v) is 4.10. The van der Waals surface area contributed by atoms with Crippen molar-refractivity contribution in [2.75, 3.05) is 18.1 Å². The van der Waals surface area contributed by atoms with Gasteiger partial charge < -0.3 is 10.6 Å². The highest BCUT2D eigenvalue weighted by Crippen LogP contribution is 2.29. The molecule has 0 atom stereocenters. The summed E-state index contributed by atoms with van der Waals surface area (Å²) in [7, 11) is 0. The van der Waals surface area contributed by atoms with Gasteiger partial charge in [-0.3, -0.25) is 0 Å². The van der Waals surface area contributed by atoms with E-state index < -0.39 is 0 Å². The Morgan fingerprint density at radius 1 is 1.30 bits per heavy atom. The van der Waals surface area contributed by atoms with Gasteiger partial charge in [0.2, 0.25) is 0 Å². The molecule has 0 fully saturated rings. The Kier molecular flexibility index (Phi) is 4.10. The molecule has 6 heteroatoms. The van der Waals surface area contributed by atoms with Crippen molar-refractivity contribution in [2.45, 2.75) is 18.1 Å². The molecule has 1 aliphatic rings. The molecule has 0 unspecified atom stereocenters. The van der Waals surface area contributed by atoms with Crippen LogP contribution in [-0.4, -0.2) is 22.8 Å². The zero-order chi connectivity index (χ0) is 13.9. The van der Waals surface area contributed by atoms with Crippen LogP contribution in [0.2, 0.25) is 5.02 Å². The minimum atomic E-state index is 0.689. The fourth-order valence-electron chi connectivity index (χ4n) is 2.21. The number of benzene rings is 1. The largest absolute Gasteiger partial charge is 0.339 e. The van der Waals surface area contributed by atoms with E-state index in [0.717, 1.165) is 47.4 Å². The topological polar surface area (TPSA) is 49.8 Å². The highest BCUT2D eigenvalue weighted by atomic mass is 35.5. The van der Waals surface area contributed by atoms with Crippen LogP contribution in [0.1, 0.15) is 11.3 Å². The Bertz CT molecular complexity index is 633. The predicted molar refractivity (Wildman–Crippen MR) is 84.0 cm³/mol. The molecule has 2 heterocycles. The molecule has 0 amide bonds. The van der Waals surface area contributed by atoms with Crippen LogP contribution in [0.5, 0.6) is 0 Å². The Morgan fingerprint density at radius 2 is 2.15 bits per heavy atom. The van der Waals surface area contributed by atoms with Crippen molar-refractivity contribution in [1.82, 2.24) is 15.3 Å². The molecule has 0 radical (unpaired) electrons. The van der Waals surface area contributed by atoms with Gasteiger partial charge in [0.05, 0.1) is 16.4 Å². The van der Waals surface area contributed by atoms with E-state index in [0.29, 0.717) is 5.02 Å². The average Bonchev–Trinajstić information content (AvgIpc) is 2.49. The summed E-state index contributed by atoms with van der Waals surface area (Å²) in [5, 5.41) is 8.18. The minimum absolute atomic E-state index is 0.689. The number of halogens is 1. The maximum atomic E-state index is 6.20. The normalized spacial score (nSPS) is 13.9. The van der Waals surface area contributed by atoms with E-state index in [2.05, 4.69) is 20.6 Å². The second-order valence-electron chi connectivity index (χ2n) is 4.52. The van der Waals surface area contributed by atoms with Gasteiger partial charge >= 0.3 is 0 Å². The summed E-state index contributed by atoms with van der Waals surface area (Å²) in [4.78, 5) is 9.18. The molecular formula is C14H15ClN4S. The second-order valence-corrected chi connectivity index (χ2v) is 5.70. The number of rotatable bonds is 3. The first-order valence-corrected chi connectivity index (χ1v) is 8.04. The van der Waals surface area contributed by atoms with Crippen molar-refractivity contribution >= 4 is 34.9 Å². The molecule has 104 valence electrons. The maximum absolute atomic E-state index is 6.20. The first kappa shape index (κ1) is 13.7. The van der Waals surface area contributed by atoms with Crippen molar-refractivity contribution in [3.05, 3.63) is 40.5 Å². The number of aromatic nitrogens is 2. The first-order valence-electron chi connectivity index (χ1n) is 6.44. The maximum Gasteiger partial charge on any atom is 0.189 e. The van der Waals surface area contributed by atoms with Crippen LogP contribution in [0.15, 0.2) is 29.4 Å². The summed E-state index contributed by atoms with van der Waals surface area (Å²) in [5.74, 6) is 0.847. The lowest BCUT2D eigenvalue weighted by Crippen LogP contribution is -2.26. The zero-order valence-corrected chi connectivity index (χ0v) is 12.7. The first-order chi connectivity index (χ1) is 9.78. The van der Waals surface area contributed by atoms with Crippen molar-refractivity contribution in [3.63, 3.8) is 0 Å². The van der Waals surface area contributed by atoms with E-state index in [9.17, 15) is 0 Å². The molecule has 1 aromatic carbocycles. The number of thioether (sulfide) groups is 1. The molecule has 0 spiro atoms. The van der Waals surface area contributed by atoms with E-state index in [1.54, 1.807) is 11.8 Å². The molecule has 0 saturated heterocycles. The van der Waals surface area contributed by atoms with Gasteiger partial charge in [0.1, 0.15) is 5.82 Å². The van der Waals surface area contributed by atoms with Crippen LogP contribution in [0.3, 0.4) is 0 Å². The molecule has 20 heavy (non-hydrogen) atoms. The Hall–Kier alpha value is -1.30. The van der Waals surface area contributed by atoms with Crippen molar-refractivity contribution < 1.29 is 0 Å². The lowest BCUT2D eigenvalue weighted by atomic mass is 10.1. The summed E-state index contributed by atoms with van der Waals surface area (Å²) in [6.45, 7) is 1.75. The zero-order valence-electron chi connectivity index (χ0n) is 11.1. The average molecular weight is 307 g/mol. The molecule has 0 bridgehead atoms. The third-order valence-electron chi connectivity index (χ3n) is 3.22. The molecule has 0 saturated carbocycles. The van der Waals surface area contributed by atoms with E-state index >= 15 is 0 Å². The SMILES string of the molecule is CSc1nc2c(c(Nc3ccccc3Cl)n1)CNCC2. The highest BCUT2D eigenvalue weighted by Gasteiger charge is 2.17. The quantitative estimate of drug-likeness (QED) is 0.673. The monoisotopic (exact) mass is 306 g/mol. The molecule has 0 aliphatic carbocycles. The van der Waals surface area contributed by atoms with Crippen LogP contribution in [-0.2, 0) is 13.0 Å². The molecule has 4 nitrogen and oxygen atoms in total. The summed E-state index contributed by atoms with van der Waals surface area (Å²) >= 11 is 7.76. The molecule has 2 aromatic rings. The van der Waals surface area contributed by atoms with E-state index in [4.69, 9.17) is 11.6 Å². The van der Waals surface area contributed by atoms with Gasteiger partial charge in [-0.2, -0.15) is 0 Å². The Labute approximate surface area is 127 Å². The summed E-state index contributed by atoms with van der Waals surface area (Å²) in [6.07, 6.45) is 2.92. The van der Waals surface area contributed by atoms with Gasteiger partial charge in [-0.25, -0.2) is 9.97 Å².